The van der Waals surface area contributed by atoms with E-state index in [4.69, 9.17) is 0 Å². The average molecular weight is 352 g/mol. The summed E-state index contributed by atoms with van der Waals surface area (Å²) in [5.41, 5.74) is 3.32. The minimum absolute atomic E-state index is 0.204. The Hall–Kier alpha value is -2.20. The molecule has 4 rings (SSSR count). The molecule has 1 unspecified atom stereocenters. The molecule has 2 aliphatic heterocycles. The first-order valence-electron chi connectivity index (χ1n) is 9.36. The summed E-state index contributed by atoms with van der Waals surface area (Å²) in [6, 6.07) is 15.1. The number of benzene rings is 2. The number of likely N-dealkylation sites (tertiary alicyclic amines) is 2. The third kappa shape index (κ3) is 3.38. The van der Waals surface area contributed by atoms with Gasteiger partial charge in [-0.2, -0.15) is 0 Å². The largest absolute Gasteiger partial charge is 0.338 e. The SMILES string of the molecule is Cc1cccc(CN2CCC3(CCN(Cc4ccc(F)cc4)C3)C2=O)c1. The van der Waals surface area contributed by atoms with Gasteiger partial charge in [0.15, 0.2) is 0 Å². The van der Waals surface area contributed by atoms with Crippen LogP contribution in [0.1, 0.15) is 29.5 Å². The van der Waals surface area contributed by atoms with Crippen LogP contribution >= 0.6 is 0 Å². The van der Waals surface area contributed by atoms with E-state index in [2.05, 4.69) is 36.1 Å². The molecule has 1 amide bonds. The highest BCUT2D eigenvalue weighted by molar-refractivity contribution is 5.85. The summed E-state index contributed by atoms with van der Waals surface area (Å²) in [5.74, 6) is 0.102. The zero-order valence-electron chi connectivity index (χ0n) is 15.2. The number of amides is 1. The summed E-state index contributed by atoms with van der Waals surface area (Å²) >= 11 is 0. The van der Waals surface area contributed by atoms with Gasteiger partial charge in [-0.3, -0.25) is 9.69 Å². The second-order valence-corrected chi connectivity index (χ2v) is 7.83. The zero-order valence-corrected chi connectivity index (χ0v) is 15.2. The normalized spacial score (nSPS) is 23.3. The molecule has 2 aromatic rings. The maximum absolute atomic E-state index is 13.1. The summed E-state index contributed by atoms with van der Waals surface area (Å²) in [4.78, 5) is 17.5. The Labute approximate surface area is 154 Å². The van der Waals surface area contributed by atoms with E-state index in [0.29, 0.717) is 12.5 Å². The van der Waals surface area contributed by atoms with Gasteiger partial charge >= 0.3 is 0 Å². The van der Waals surface area contributed by atoms with E-state index in [0.717, 1.165) is 44.6 Å². The molecule has 1 spiro atoms. The average Bonchev–Trinajstić information content (AvgIpc) is 3.16. The summed E-state index contributed by atoms with van der Waals surface area (Å²) in [7, 11) is 0. The summed E-state index contributed by atoms with van der Waals surface area (Å²) in [5, 5.41) is 0. The fraction of sp³-hybridized carbons (Fsp3) is 0.409. The van der Waals surface area contributed by atoms with Gasteiger partial charge in [0.2, 0.25) is 5.91 Å². The van der Waals surface area contributed by atoms with E-state index in [1.165, 1.54) is 23.3 Å². The quantitative estimate of drug-likeness (QED) is 0.836. The zero-order chi connectivity index (χ0) is 18.1. The number of nitrogens with zero attached hydrogens (tertiary/aromatic N) is 2. The number of halogens is 1. The van der Waals surface area contributed by atoms with Crippen LogP contribution in [0, 0.1) is 18.2 Å². The maximum Gasteiger partial charge on any atom is 0.230 e. The van der Waals surface area contributed by atoms with Crippen molar-refractivity contribution < 1.29 is 9.18 Å². The van der Waals surface area contributed by atoms with Gasteiger partial charge in [-0.25, -0.2) is 4.39 Å². The lowest BCUT2D eigenvalue weighted by Gasteiger charge is -2.24. The molecule has 2 aromatic carbocycles. The van der Waals surface area contributed by atoms with Crippen molar-refractivity contribution in [1.82, 2.24) is 9.80 Å². The highest BCUT2D eigenvalue weighted by Crippen LogP contribution is 2.41. The van der Waals surface area contributed by atoms with Crippen LogP contribution in [-0.2, 0) is 17.9 Å². The summed E-state index contributed by atoms with van der Waals surface area (Å²) in [6.07, 6.45) is 1.87. The maximum atomic E-state index is 13.1. The van der Waals surface area contributed by atoms with Gasteiger partial charge in [-0.15, -0.1) is 0 Å². The molecule has 26 heavy (non-hydrogen) atoms. The third-order valence-corrected chi connectivity index (χ3v) is 5.81. The lowest BCUT2D eigenvalue weighted by Crippen LogP contribution is -2.36. The first-order chi connectivity index (χ1) is 12.5. The van der Waals surface area contributed by atoms with Gasteiger partial charge in [0.25, 0.3) is 0 Å². The summed E-state index contributed by atoms with van der Waals surface area (Å²) < 4.78 is 13.1. The standard InChI is InChI=1S/C22H25FN2O/c1-17-3-2-4-19(13-17)15-25-12-10-22(21(25)26)9-11-24(16-22)14-18-5-7-20(23)8-6-18/h2-8,13H,9-12,14-16H2,1H3. The van der Waals surface area contributed by atoms with E-state index < -0.39 is 0 Å². The second kappa shape index (κ2) is 6.84. The molecule has 0 N–H and O–H groups in total. The van der Waals surface area contributed by atoms with Gasteiger partial charge in [-0.05, 0) is 49.6 Å². The van der Waals surface area contributed by atoms with E-state index in [9.17, 15) is 9.18 Å². The first-order valence-corrected chi connectivity index (χ1v) is 9.36. The molecule has 0 aliphatic carbocycles. The van der Waals surface area contributed by atoms with Crippen molar-refractivity contribution in [3.8, 4) is 0 Å². The van der Waals surface area contributed by atoms with E-state index >= 15 is 0 Å². The van der Waals surface area contributed by atoms with Gasteiger partial charge < -0.3 is 4.90 Å². The molecule has 0 bridgehead atoms. The molecule has 2 heterocycles. The fourth-order valence-electron chi connectivity index (χ4n) is 4.39. The van der Waals surface area contributed by atoms with Crippen LogP contribution in [0.4, 0.5) is 4.39 Å². The number of hydrogen-bond acceptors (Lipinski definition) is 2. The number of rotatable bonds is 4. The number of carbonyl (C=O) groups excluding carboxylic acids is 1. The first kappa shape index (κ1) is 17.2. The molecule has 4 heteroatoms. The Morgan fingerprint density at radius 1 is 1.00 bits per heavy atom. The monoisotopic (exact) mass is 352 g/mol. The molecule has 0 saturated carbocycles. The molecule has 2 saturated heterocycles. The fourth-order valence-corrected chi connectivity index (χ4v) is 4.39. The highest BCUT2D eigenvalue weighted by Gasteiger charge is 2.50. The van der Waals surface area contributed by atoms with Gasteiger partial charge in [0.1, 0.15) is 5.82 Å². The molecular formula is C22H25FN2O. The van der Waals surface area contributed by atoms with Gasteiger partial charge in [-0.1, -0.05) is 42.0 Å². The molecule has 0 radical (unpaired) electrons. The van der Waals surface area contributed by atoms with Crippen molar-refractivity contribution in [2.24, 2.45) is 5.41 Å². The Morgan fingerprint density at radius 2 is 1.77 bits per heavy atom. The number of carbonyl (C=O) groups is 1. The van der Waals surface area contributed by atoms with Crippen LogP contribution in [0.2, 0.25) is 0 Å². The highest BCUT2D eigenvalue weighted by atomic mass is 19.1. The van der Waals surface area contributed by atoms with E-state index in [-0.39, 0.29) is 11.2 Å². The van der Waals surface area contributed by atoms with Crippen molar-refractivity contribution in [3.05, 3.63) is 71.0 Å². The predicted octanol–water partition coefficient (Wildman–Crippen LogP) is 3.76. The van der Waals surface area contributed by atoms with Crippen LogP contribution in [0.3, 0.4) is 0 Å². The lowest BCUT2D eigenvalue weighted by atomic mass is 9.85. The van der Waals surface area contributed by atoms with Crippen LogP contribution in [0.25, 0.3) is 0 Å². The second-order valence-electron chi connectivity index (χ2n) is 7.83. The molecule has 3 nitrogen and oxygen atoms in total. The number of hydrogen-bond donors (Lipinski definition) is 0. The molecule has 2 aliphatic rings. The predicted molar refractivity (Wildman–Crippen MR) is 99.9 cm³/mol. The Balaban J connectivity index is 1.40. The minimum Gasteiger partial charge on any atom is -0.338 e. The lowest BCUT2D eigenvalue weighted by molar-refractivity contribution is -0.136. The molecular weight excluding hydrogens is 327 g/mol. The molecule has 2 fully saturated rings. The van der Waals surface area contributed by atoms with Gasteiger partial charge in [0, 0.05) is 26.2 Å². The van der Waals surface area contributed by atoms with Crippen LogP contribution in [0.5, 0.6) is 0 Å². The van der Waals surface area contributed by atoms with Crippen molar-refractivity contribution >= 4 is 5.91 Å². The Bertz CT molecular complexity index is 804. The molecule has 1 atom stereocenters. The molecule has 136 valence electrons. The van der Waals surface area contributed by atoms with Crippen LogP contribution < -0.4 is 0 Å². The van der Waals surface area contributed by atoms with Crippen molar-refractivity contribution in [3.63, 3.8) is 0 Å². The Morgan fingerprint density at radius 3 is 2.54 bits per heavy atom. The smallest absolute Gasteiger partial charge is 0.230 e. The molecule has 0 aromatic heterocycles. The summed E-state index contributed by atoms with van der Waals surface area (Å²) in [6.45, 7) is 6.17. The van der Waals surface area contributed by atoms with E-state index in [1.54, 1.807) is 0 Å². The van der Waals surface area contributed by atoms with Gasteiger partial charge in [0.05, 0.1) is 5.41 Å². The Kier molecular flexibility index (Phi) is 4.53. The van der Waals surface area contributed by atoms with Crippen molar-refractivity contribution in [2.45, 2.75) is 32.9 Å². The third-order valence-electron chi connectivity index (χ3n) is 5.81. The minimum atomic E-state index is -0.218. The topological polar surface area (TPSA) is 23.6 Å². The van der Waals surface area contributed by atoms with Crippen molar-refractivity contribution in [1.29, 1.82) is 0 Å². The number of aryl methyl sites for hydroxylation is 1. The van der Waals surface area contributed by atoms with Crippen LogP contribution in [0.15, 0.2) is 48.5 Å². The van der Waals surface area contributed by atoms with Crippen molar-refractivity contribution in [2.75, 3.05) is 19.6 Å². The van der Waals surface area contributed by atoms with E-state index in [1.807, 2.05) is 17.0 Å². The van der Waals surface area contributed by atoms with Crippen LogP contribution in [-0.4, -0.2) is 35.3 Å².